The summed E-state index contributed by atoms with van der Waals surface area (Å²) in [7, 11) is 0. The largest absolute Gasteiger partial charge is 0.369 e. The quantitative estimate of drug-likeness (QED) is 0.845. The number of benzene rings is 1. The van der Waals surface area contributed by atoms with Gasteiger partial charge >= 0.3 is 0 Å². The highest BCUT2D eigenvalue weighted by Crippen LogP contribution is 2.21. The number of primary amides is 1. The summed E-state index contributed by atoms with van der Waals surface area (Å²) in [6, 6.07) is 6.85. The van der Waals surface area contributed by atoms with Crippen LogP contribution >= 0.6 is 0 Å². The third-order valence-corrected chi connectivity index (χ3v) is 4.52. The van der Waals surface area contributed by atoms with Crippen LogP contribution in [0.2, 0.25) is 0 Å². The lowest BCUT2D eigenvalue weighted by molar-refractivity contribution is -0.138. The van der Waals surface area contributed by atoms with Crippen LogP contribution in [0.4, 0.5) is 0 Å². The predicted molar refractivity (Wildman–Crippen MR) is 86.9 cm³/mol. The van der Waals surface area contributed by atoms with Crippen LogP contribution in [0.5, 0.6) is 0 Å². The van der Waals surface area contributed by atoms with E-state index in [-0.39, 0.29) is 36.5 Å². The summed E-state index contributed by atoms with van der Waals surface area (Å²) in [6.07, 6.45) is 1.38. The van der Waals surface area contributed by atoms with Crippen LogP contribution in [-0.4, -0.2) is 44.3 Å². The average Bonchev–Trinajstić information content (AvgIpc) is 2.57. The Kier molecular flexibility index (Phi) is 4.28. The standard InChI is InChI=1S/C16H19N5O3/c1-10-6-7-11(15(17)23)8-20(10)14(22)9-21-16(24)12-4-2-3-5-13(12)18-19-21/h2-5,10-11H,6-9H2,1H3,(H2,17,23)/t10-,11+/m1/s1. The third-order valence-electron chi connectivity index (χ3n) is 4.52. The van der Waals surface area contributed by atoms with E-state index in [2.05, 4.69) is 10.3 Å². The van der Waals surface area contributed by atoms with Crippen molar-refractivity contribution in [3.8, 4) is 0 Å². The van der Waals surface area contributed by atoms with Gasteiger partial charge < -0.3 is 10.6 Å². The Balaban J connectivity index is 1.83. The lowest BCUT2D eigenvalue weighted by atomic mass is 9.93. The Morgan fingerprint density at radius 1 is 1.29 bits per heavy atom. The van der Waals surface area contributed by atoms with Crippen LogP contribution in [0.3, 0.4) is 0 Å². The van der Waals surface area contributed by atoms with Crippen molar-refractivity contribution >= 4 is 22.7 Å². The number of aromatic nitrogens is 3. The molecule has 1 fully saturated rings. The molecule has 1 aliphatic heterocycles. The first-order valence-corrected chi connectivity index (χ1v) is 7.88. The van der Waals surface area contributed by atoms with Gasteiger partial charge in [-0.3, -0.25) is 14.4 Å². The first-order chi connectivity index (χ1) is 11.5. The highest BCUT2D eigenvalue weighted by molar-refractivity contribution is 5.81. The van der Waals surface area contributed by atoms with Gasteiger partial charge in [0, 0.05) is 12.6 Å². The second kappa shape index (κ2) is 6.38. The molecule has 1 aromatic heterocycles. The zero-order chi connectivity index (χ0) is 17.3. The summed E-state index contributed by atoms with van der Waals surface area (Å²) in [5.41, 5.74) is 5.50. The van der Waals surface area contributed by atoms with Gasteiger partial charge in [0.15, 0.2) is 0 Å². The molecule has 1 aliphatic rings. The second-order valence-corrected chi connectivity index (χ2v) is 6.14. The van der Waals surface area contributed by atoms with E-state index in [0.29, 0.717) is 23.7 Å². The summed E-state index contributed by atoms with van der Waals surface area (Å²) in [5.74, 6) is -1.01. The Morgan fingerprint density at radius 3 is 2.79 bits per heavy atom. The number of piperidine rings is 1. The van der Waals surface area contributed by atoms with Gasteiger partial charge in [-0.1, -0.05) is 17.3 Å². The van der Waals surface area contributed by atoms with E-state index in [1.165, 1.54) is 0 Å². The lowest BCUT2D eigenvalue weighted by Gasteiger charge is -2.36. The van der Waals surface area contributed by atoms with Gasteiger partial charge in [0.2, 0.25) is 11.8 Å². The minimum absolute atomic E-state index is 0.00258. The van der Waals surface area contributed by atoms with Crippen molar-refractivity contribution in [1.82, 2.24) is 19.9 Å². The Hall–Kier alpha value is -2.77. The Labute approximate surface area is 138 Å². The first kappa shape index (κ1) is 16.1. The third kappa shape index (κ3) is 2.99. The Morgan fingerprint density at radius 2 is 2.04 bits per heavy atom. The molecule has 0 spiro atoms. The minimum atomic E-state index is -0.401. The van der Waals surface area contributed by atoms with E-state index >= 15 is 0 Å². The molecule has 0 radical (unpaired) electrons. The maximum Gasteiger partial charge on any atom is 0.278 e. The Bertz CT molecular complexity index is 847. The highest BCUT2D eigenvalue weighted by Gasteiger charge is 2.31. The van der Waals surface area contributed by atoms with E-state index in [0.717, 1.165) is 4.68 Å². The number of carbonyl (C=O) groups excluding carboxylic acids is 2. The summed E-state index contributed by atoms with van der Waals surface area (Å²) < 4.78 is 1.06. The smallest absolute Gasteiger partial charge is 0.278 e. The van der Waals surface area contributed by atoms with E-state index in [1.807, 2.05) is 6.92 Å². The molecule has 0 unspecified atom stereocenters. The highest BCUT2D eigenvalue weighted by atomic mass is 16.2. The van der Waals surface area contributed by atoms with Crippen molar-refractivity contribution in [3.05, 3.63) is 34.6 Å². The molecule has 126 valence electrons. The van der Waals surface area contributed by atoms with Crippen molar-refractivity contribution in [2.24, 2.45) is 11.7 Å². The van der Waals surface area contributed by atoms with Crippen LogP contribution in [0, 0.1) is 5.92 Å². The monoisotopic (exact) mass is 329 g/mol. The van der Waals surface area contributed by atoms with Crippen molar-refractivity contribution < 1.29 is 9.59 Å². The number of amides is 2. The van der Waals surface area contributed by atoms with Crippen molar-refractivity contribution in [3.63, 3.8) is 0 Å². The normalized spacial score (nSPS) is 21.0. The molecule has 0 saturated carbocycles. The molecule has 2 amide bonds. The SMILES string of the molecule is C[C@@H]1CC[C@H](C(N)=O)CN1C(=O)Cn1nnc2ccccc2c1=O. The van der Waals surface area contributed by atoms with Crippen LogP contribution in [0.25, 0.3) is 10.9 Å². The molecule has 2 atom stereocenters. The number of nitrogens with two attached hydrogens (primary N) is 1. The summed E-state index contributed by atoms with van der Waals surface area (Å²) in [6.45, 7) is 2.00. The number of hydrogen-bond donors (Lipinski definition) is 1. The molecular formula is C16H19N5O3. The lowest BCUT2D eigenvalue weighted by Crippen LogP contribution is -2.50. The fourth-order valence-electron chi connectivity index (χ4n) is 3.03. The molecule has 8 heteroatoms. The average molecular weight is 329 g/mol. The zero-order valence-electron chi connectivity index (χ0n) is 13.4. The summed E-state index contributed by atoms with van der Waals surface area (Å²) in [5, 5.41) is 8.22. The second-order valence-electron chi connectivity index (χ2n) is 6.14. The van der Waals surface area contributed by atoms with Gasteiger partial charge in [-0.05, 0) is 31.9 Å². The maximum absolute atomic E-state index is 12.6. The topological polar surface area (TPSA) is 111 Å². The number of hydrogen-bond acceptors (Lipinski definition) is 5. The predicted octanol–water partition coefficient (Wildman–Crippen LogP) is -0.0961. The van der Waals surface area contributed by atoms with Crippen molar-refractivity contribution in [2.45, 2.75) is 32.4 Å². The molecule has 2 heterocycles. The van der Waals surface area contributed by atoms with Gasteiger partial charge in [-0.25, -0.2) is 4.68 Å². The summed E-state index contributed by atoms with van der Waals surface area (Å²) >= 11 is 0. The number of rotatable bonds is 3. The molecule has 1 aromatic carbocycles. The fraction of sp³-hybridized carbons (Fsp3) is 0.438. The van der Waals surface area contributed by atoms with Gasteiger partial charge in [0.1, 0.15) is 12.1 Å². The molecule has 0 aliphatic carbocycles. The molecule has 0 bridgehead atoms. The van der Waals surface area contributed by atoms with E-state index in [4.69, 9.17) is 5.73 Å². The van der Waals surface area contributed by atoms with Crippen molar-refractivity contribution in [2.75, 3.05) is 6.54 Å². The molecule has 1 saturated heterocycles. The van der Waals surface area contributed by atoms with Crippen LogP contribution in [-0.2, 0) is 16.1 Å². The van der Waals surface area contributed by atoms with Crippen LogP contribution in [0.1, 0.15) is 19.8 Å². The number of nitrogens with zero attached hydrogens (tertiary/aromatic N) is 4. The fourth-order valence-corrected chi connectivity index (χ4v) is 3.03. The number of carbonyl (C=O) groups is 2. The summed E-state index contributed by atoms with van der Waals surface area (Å²) in [4.78, 5) is 38.0. The molecule has 3 rings (SSSR count). The zero-order valence-corrected chi connectivity index (χ0v) is 13.4. The van der Waals surface area contributed by atoms with Gasteiger partial charge in [0.25, 0.3) is 5.56 Å². The van der Waals surface area contributed by atoms with Crippen molar-refractivity contribution in [1.29, 1.82) is 0 Å². The van der Waals surface area contributed by atoms with Crippen LogP contribution < -0.4 is 11.3 Å². The van der Waals surface area contributed by atoms with E-state index in [9.17, 15) is 14.4 Å². The molecule has 2 aromatic rings. The molecule has 8 nitrogen and oxygen atoms in total. The van der Waals surface area contributed by atoms with Crippen LogP contribution in [0.15, 0.2) is 29.1 Å². The molecule has 24 heavy (non-hydrogen) atoms. The minimum Gasteiger partial charge on any atom is -0.369 e. The molecule has 2 N–H and O–H groups in total. The van der Waals surface area contributed by atoms with Gasteiger partial charge in [-0.2, -0.15) is 0 Å². The molecular weight excluding hydrogens is 310 g/mol. The van der Waals surface area contributed by atoms with E-state index < -0.39 is 5.91 Å². The number of likely N-dealkylation sites (tertiary alicyclic amines) is 1. The van der Waals surface area contributed by atoms with E-state index in [1.54, 1.807) is 29.2 Å². The number of fused-ring (bicyclic) bond motifs is 1. The van der Waals surface area contributed by atoms with Gasteiger partial charge in [0.05, 0.1) is 11.3 Å². The maximum atomic E-state index is 12.6. The first-order valence-electron chi connectivity index (χ1n) is 7.88. The van der Waals surface area contributed by atoms with Gasteiger partial charge in [-0.15, -0.1) is 5.10 Å².